The molecule has 0 aromatic carbocycles. The number of anilines is 1. The van der Waals surface area contributed by atoms with Crippen molar-refractivity contribution in [3.8, 4) is 0 Å². The maximum Gasteiger partial charge on any atom is 0.252 e. The van der Waals surface area contributed by atoms with Crippen LogP contribution >= 0.6 is 0 Å². The highest BCUT2D eigenvalue weighted by atomic mass is 16.5. The van der Waals surface area contributed by atoms with Gasteiger partial charge in [0, 0.05) is 33.1 Å². The van der Waals surface area contributed by atoms with Crippen molar-refractivity contribution in [1.82, 2.24) is 19.9 Å². The molecule has 23 heavy (non-hydrogen) atoms. The molecule has 1 spiro atoms. The van der Waals surface area contributed by atoms with Crippen LogP contribution in [0, 0.1) is 13.8 Å². The van der Waals surface area contributed by atoms with Gasteiger partial charge in [-0.1, -0.05) is 0 Å². The number of oxazole rings is 1. The van der Waals surface area contributed by atoms with E-state index in [1.807, 2.05) is 13.8 Å². The average molecular weight is 317 g/mol. The normalized spacial score (nSPS) is 22.1. The predicted molar refractivity (Wildman–Crippen MR) is 86.7 cm³/mol. The number of rotatable bonds is 1. The monoisotopic (exact) mass is 317 g/mol. The van der Waals surface area contributed by atoms with Gasteiger partial charge in [0.15, 0.2) is 17.2 Å². The molecule has 2 aromatic heterocycles. The average Bonchev–Trinajstić information content (AvgIpc) is 2.90. The van der Waals surface area contributed by atoms with Gasteiger partial charge < -0.3 is 19.0 Å². The van der Waals surface area contributed by atoms with Gasteiger partial charge in [0.2, 0.25) is 0 Å². The molecule has 0 unspecified atom stereocenters. The standard InChI is InChI=1S/C16H23N5O2/c1-11-17-14(13-15(18-11)23-12(2)19-13)21-8-9-22-16(10-21)4-6-20(3)7-5-16/h4-10H2,1-3H3. The molecule has 0 amide bonds. The molecular weight excluding hydrogens is 294 g/mol. The van der Waals surface area contributed by atoms with Crippen LogP contribution in [0.25, 0.3) is 11.2 Å². The summed E-state index contributed by atoms with van der Waals surface area (Å²) in [5.74, 6) is 2.22. The number of nitrogens with zero attached hydrogens (tertiary/aromatic N) is 5. The van der Waals surface area contributed by atoms with E-state index in [0.29, 0.717) is 17.4 Å². The Hall–Kier alpha value is -1.73. The molecule has 4 heterocycles. The molecule has 2 aliphatic rings. The first-order valence-corrected chi connectivity index (χ1v) is 8.24. The minimum atomic E-state index is -0.0608. The number of piperidine rings is 1. The van der Waals surface area contributed by atoms with Crippen molar-refractivity contribution >= 4 is 17.0 Å². The third-order valence-electron chi connectivity index (χ3n) is 4.91. The van der Waals surface area contributed by atoms with E-state index < -0.39 is 0 Å². The first-order chi connectivity index (χ1) is 11.0. The van der Waals surface area contributed by atoms with E-state index in [1.54, 1.807) is 0 Å². The van der Waals surface area contributed by atoms with Crippen LogP contribution in [0.15, 0.2) is 4.42 Å². The lowest BCUT2D eigenvalue weighted by atomic mass is 9.89. The van der Waals surface area contributed by atoms with Gasteiger partial charge in [0.25, 0.3) is 5.71 Å². The SMILES string of the molecule is Cc1nc(N2CCOC3(CCN(C)CC3)C2)c2nc(C)oc2n1. The van der Waals surface area contributed by atoms with Crippen LogP contribution in [0.5, 0.6) is 0 Å². The molecule has 0 atom stereocenters. The Kier molecular flexibility index (Phi) is 3.50. The van der Waals surface area contributed by atoms with E-state index >= 15 is 0 Å². The molecule has 0 saturated carbocycles. The van der Waals surface area contributed by atoms with Crippen LogP contribution in [0.4, 0.5) is 5.82 Å². The minimum absolute atomic E-state index is 0.0608. The Morgan fingerprint density at radius 2 is 1.83 bits per heavy atom. The number of likely N-dealkylation sites (tertiary alicyclic amines) is 1. The second-order valence-electron chi connectivity index (χ2n) is 6.74. The Bertz CT molecular complexity index is 721. The summed E-state index contributed by atoms with van der Waals surface area (Å²) in [6.45, 7) is 8.31. The molecule has 2 saturated heterocycles. The van der Waals surface area contributed by atoms with Crippen molar-refractivity contribution in [2.75, 3.05) is 44.7 Å². The lowest BCUT2D eigenvalue weighted by Crippen LogP contribution is -2.56. The van der Waals surface area contributed by atoms with E-state index in [1.165, 1.54) is 0 Å². The van der Waals surface area contributed by atoms with E-state index in [9.17, 15) is 0 Å². The highest BCUT2D eigenvalue weighted by Gasteiger charge is 2.40. The number of hydrogen-bond donors (Lipinski definition) is 0. The molecule has 2 aliphatic heterocycles. The summed E-state index contributed by atoms with van der Waals surface area (Å²) in [5.41, 5.74) is 1.28. The van der Waals surface area contributed by atoms with Gasteiger partial charge in [0.05, 0.1) is 12.2 Å². The van der Waals surface area contributed by atoms with Gasteiger partial charge in [-0.05, 0) is 26.8 Å². The van der Waals surface area contributed by atoms with Crippen LogP contribution in [-0.4, -0.2) is 65.3 Å². The number of ether oxygens (including phenoxy) is 1. The number of fused-ring (bicyclic) bond motifs is 1. The van der Waals surface area contributed by atoms with Gasteiger partial charge in [-0.15, -0.1) is 0 Å². The van der Waals surface area contributed by atoms with Crippen LogP contribution in [0.3, 0.4) is 0 Å². The smallest absolute Gasteiger partial charge is 0.252 e. The van der Waals surface area contributed by atoms with Crippen molar-refractivity contribution < 1.29 is 9.15 Å². The summed E-state index contributed by atoms with van der Waals surface area (Å²) >= 11 is 0. The summed E-state index contributed by atoms with van der Waals surface area (Å²) in [6.07, 6.45) is 2.12. The summed E-state index contributed by atoms with van der Waals surface area (Å²) in [5, 5.41) is 0. The molecule has 0 bridgehead atoms. The van der Waals surface area contributed by atoms with Crippen molar-refractivity contribution in [2.45, 2.75) is 32.3 Å². The zero-order valence-electron chi connectivity index (χ0n) is 14.0. The quantitative estimate of drug-likeness (QED) is 0.790. The molecule has 7 heteroatoms. The molecule has 4 rings (SSSR count). The third-order valence-corrected chi connectivity index (χ3v) is 4.91. The Balaban J connectivity index is 1.67. The molecule has 0 radical (unpaired) electrons. The molecule has 124 valence electrons. The molecule has 2 aromatic rings. The number of hydrogen-bond acceptors (Lipinski definition) is 7. The van der Waals surface area contributed by atoms with Crippen LogP contribution < -0.4 is 4.90 Å². The lowest BCUT2D eigenvalue weighted by Gasteiger charge is -2.47. The maximum atomic E-state index is 6.20. The fourth-order valence-electron chi connectivity index (χ4n) is 3.59. The fourth-order valence-corrected chi connectivity index (χ4v) is 3.59. The Morgan fingerprint density at radius 1 is 1.04 bits per heavy atom. The Morgan fingerprint density at radius 3 is 2.61 bits per heavy atom. The minimum Gasteiger partial charge on any atom is -0.422 e. The van der Waals surface area contributed by atoms with Crippen molar-refractivity contribution in [1.29, 1.82) is 0 Å². The second-order valence-corrected chi connectivity index (χ2v) is 6.74. The van der Waals surface area contributed by atoms with Crippen LogP contribution in [0.1, 0.15) is 24.6 Å². The number of aryl methyl sites for hydroxylation is 2. The van der Waals surface area contributed by atoms with E-state index in [0.717, 1.165) is 57.0 Å². The summed E-state index contributed by atoms with van der Waals surface area (Å²) in [7, 11) is 2.17. The van der Waals surface area contributed by atoms with Crippen molar-refractivity contribution in [3.63, 3.8) is 0 Å². The summed E-state index contributed by atoms with van der Waals surface area (Å²) in [4.78, 5) is 18.2. The fraction of sp³-hybridized carbons (Fsp3) is 0.688. The molecule has 0 N–H and O–H groups in total. The van der Waals surface area contributed by atoms with Crippen LogP contribution in [0.2, 0.25) is 0 Å². The highest BCUT2D eigenvalue weighted by Crippen LogP contribution is 2.33. The van der Waals surface area contributed by atoms with Gasteiger partial charge >= 0.3 is 0 Å². The van der Waals surface area contributed by atoms with Gasteiger partial charge in [-0.25, -0.2) is 9.97 Å². The van der Waals surface area contributed by atoms with E-state index in [4.69, 9.17) is 9.15 Å². The predicted octanol–water partition coefficient (Wildman–Crippen LogP) is 1.54. The molecule has 0 aliphatic carbocycles. The van der Waals surface area contributed by atoms with E-state index in [2.05, 4.69) is 31.8 Å². The molecular formula is C16H23N5O2. The lowest BCUT2D eigenvalue weighted by molar-refractivity contribution is -0.0884. The first-order valence-electron chi connectivity index (χ1n) is 8.24. The molecule has 7 nitrogen and oxygen atoms in total. The number of aromatic nitrogens is 3. The van der Waals surface area contributed by atoms with Gasteiger partial charge in [-0.3, -0.25) is 0 Å². The van der Waals surface area contributed by atoms with Crippen molar-refractivity contribution in [2.24, 2.45) is 0 Å². The largest absolute Gasteiger partial charge is 0.422 e. The zero-order chi connectivity index (χ0) is 16.0. The summed E-state index contributed by atoms with van der Waals surface area (Å²) < 4.78 is 11.8. The zero-order valence-corrected chi connectivity index (χ0v) is 14.0. The first kappa shape index (κ1) is 14.8. The molecule has 2 fully saturated rings. The Labute approximate surface area is 135 Å². The second kappa shape index (κ2) is 5.42. The van der Waals surface area contributed by atoms with E-state index in [-0.39, 0.29) is 5.60 Å². The topological polar surface area (TPSA) is 67.5 Å². The maximum absolute atomic E-state index is 6.20. The van der Waals surface area contributed by atoms with Gasteiger partial charge in [-0.2, -0.15) is 4.98 Å². The summed E-state index contributed by atoms with van der Waals surface area (Å²) in [6, 6.07) is 0. The van der Waals surface area contributed by atoms with Crippen LogP contribution in [-0.2, 0) is 4.74 Å². The van der Waals surface area contributed by atoms with Crippen molar-refractivity contribution in [3.05, 3.63) is 11.7 Å². The highest BCUT2D eigenvalue weighted by molar-refractivity contribution is 5.82. The van der Waals surface area contributed by atoms with Gasteiger partial charge in [0.1, 0.15) is 5.82 Å². The third kappa shape index (κ3) is 2.68. The number of morpholine rings is 1.